The third-order valence-corrected chi connectivity index (χ3v) is 3.69. The van der Waals surface area contributed by atoms with Gasteiger partial charge in [0.1, 0.15) is 9.32 Å². The lowest BCUT2D eigenvalue weighted by Gasteiger charge is -2.05. The van der Waals surface area contributed by atoms with Crippen molar-refractivity contribution in [2.45, 2.75) is 20.8 Å². The maximum Gasteiger partial charge on any atom is 0.341 e. The van der Waals surface area contributed by atoms with Gasteiger partial charge in [-0.2, -0.15) is 0 Å². The molecule has 0 aromatic carbocycles. The molecule has 0 radical (unpaired) electrons. The normalized spacial score (nSPS) is 10.0. The van der Waals surface area contributed by atoms with Gasteiger partial charge in [0.25, 0.3) is 0 Å². The molecule has 0 unspecified atom stereocenters. The number of carbonyl (C=O) groups is 2. The average Bonchev–Trinajstić information content (AvgIpc) is 2.55. The minimum Gasteiger partial charge on any atom is -0.462 e. The van der Waals surface area contributed by atoms with Crippen molar-refractivity contribution < 1.29 is 14.3 Å². The summed E-state index contributed by atoms with van der Waals surface area (Å²) in [5.74, 6) is -0.563. The van der Waals surface area contributed by atoms with Gasteiger partial charge in [-0.25, -0.2) is 4.79 Å². The molecule has 0 aliphatic rings. The summed E-state index contributed by atoms with van der Waals surface area (Å²) in [6.45, 7) is 5.17. The number of thiol groups is 1. The van der Waals surface area contributed by atoms with Gasteiger partial charge in [-0.05, 0) is 26.3 Å². The van der Waals surface area contributed by atoms with E-state index < -0.39 is 5.97 Å². The molecular weight excluding hydrogens is 290 g/mol. The van der Waals surface area contributed by atoms with Gasteiger partial charge in [0.2, 0.25) is 0 Å². The Labute approximate surface area is 120 Å². The first kappa shape index (κ1) is 15.1. The number of thiophene rings is 1. The molecule has 0 bridgehead atoms. The van der Waals surface area contributed by atoms with Crippen molar-refractivity contribution in [2.24, 2.45) is 0 Å². The van der Waals surface area contributed by atoms with Crippen LogP contribution in [0.1, 0.15) is 39.4 Å². The van der Waals surface area contributed by atoms with Crippen LogP contribution >= 0.6 is 36.2 Å². The van der Waals surface area contributed by atoms with Crippen molar-refractivity contribution in [1.82, 2.24) is 0 Å². The van der Waals surface area contributed by atoms with Crippen LogP contribution in [0.2, 0.25) is 0 Å². The van der Waals surface area contributed by atoms with Crippen molar-refractivity contribution in [3.8, 4) is 0 Å². The summed E-state index contributed by atoms with van der Waals surface area (Å²) >= 11 is 9.97. The molecule has 1 N–H and O–H groups in total. The molecule has 7 heteroatoms. The zero-order valence-corrected chi connectivity index (χ0v) is 12.7. The quantitative estimate of drug-likeness (QED) is 0.387. The number of Topliss-reactive ketones (excluding diaryl/α,β-unsaturated/α-hetero) is 1. The molecule has 0 fully saturated rings. The number of thiocarbonyl (C=S) groups is 1. The number of ketones is 1. The summed E-state index contributed by atoms with van der Waals surface area (Å²) in [4.78, 5) is 23.9. The zero-order chi connectivity index (χ0) is 13.9. The molecule has 0 saturated carbocycles. The van der Waals surface area contributed by atoms with Gasteiger partial charge in [0, 0.05) is 0 Å². The third kappa shape index (κ3) is 3.30. The molecule has 1 rings (SSSR count). The van der Waals surface area contributed by atoms with Crippen molar-refractivity contribution in [2.75, 3.05) is 11.9 Å². The van der Waals surface area contributed by atoms with Gasteiger partial charge in [-0.1, -0.05) is 12.2 Å². The van der Waals surface area contributed by atoms with Gasteiger partial charge in [-0.3, -0.25) is 4.79 Å². The monoisotopic (exact) mass is 303 g/mol. The van der Waals surface area contributed by atoms with E-state index in [1.165, 1.54) is 18.3 Å². The summed E-state index contributed by atoms with van der Waals surface area (Å²) in [5, 5.41) is 3.29. The number of carbonyl (C=O) groups excluding carboxylic acids is 2. The number of ether oxygens (including phenoxy) is 1. The second-order valence-corrected chi connectivity index (χ2v) is 5.65. The topological polar surface area (TPSA) is 55.4 Å². The molecule has 0 aliphatic heterocycles. The van der Waals surface area contributed by atoms with Gasteiger partial charge in [-0.15, -0.1) is 24.0 Å². The van der Waals surface area contributed by atoms with E-state index in [0.717, 1.165) is 0 Å². The van der Waals surface area contributed by atoms with Crippen molar-refractivity contribution in [3.63, 3.8) is 0 Å². The Morgan fingerprint density at radius 1 is 1.50 bits per heavy atom. The predicted octanol–water partition coefficient (Wildman–Crippen LogP) is 3.06. The Morgan fingerprint density at radius 2 is 2.11 bits per heavy atom. The molecule has 98 valence electrons. The molecule has 0 aliphatic carbocycles. The Balaban J connectivity index is 3.30. The number of esters is 1. The maximum atomic E-state index is 11.9. The predicted molar refractivity (Wildman–Crippen MR) is 80.2 cm³/mol. The molecule has 1 heterocycles. The van der Waals surface area contributed by atoms with Crippen LogP contribution in [0.3, 0.4) is 0 Å². The minimum atomic E-state index is -0.467. The fourth-order valence-corrected chi connectivity index (χ4v) is 2.93. The Bertz CT molecular complexity index is 508. The highest BCUT2D eigenvalue weighted by molar-refractivity contribution is 8.11. The molecule has 0 amide bonds. The highest BCUT2D eigenvalue weighted by atomic mass is 32.1. The van der Waals surface area contributed by atoms with Crippen LogP contribution in [0, 0.1) is 6.92 Å². The number of anilines is 1. The third-order valence-electron chi connectivity index (χ3n) is 2.17. The first-order chi connectivity index (χ1) is 8.38. The molecule has 4 nitrogen and oxygen atoms in total. The van der Waals surface area contributed by atoms with E-state index in [4.69, 9.17) is 17.0 Å². The number of rotatable bonds is 4. The van der Waals surface area contributed by atoms with E-state index in [9.17, 15) is 9.59 Å². The maximum absolute atomic E-state index is 11.9. The van der Waals surface area contributed by atoms with Crippen LogP contribution in [0.25, 0.3) is 0 Å². The van der Waals surface area contributed by atoms with Crippen molar-refractivity contribution in [3.05, 3.63) is 16.0 Å². The SMILES string of the molecule is CCOC(=O)c1c(NC(=S)S)sc(C(C)=O)c1C. The lowest BCUT2D eigenvalue weighted by Crippen LogP contribution is -2.10. The summed E-state index contributed by atoms with van der Waals surface area (Å²) < 4.78 is 5.21. The van der Waals surface area contributed by atoms with Crippen LogP contribution in [0.15, 0.2) is 0 Å². The summed E-state index contributed by atoms with van der Waals surface area (Å²) in [6, 6.07) is 0. The average molecular weight is 303 g/mol. The Kier molecular flexibility index (Phi) is 5.30. The van der Waals surface area contributed by atoms with Crippen molar-refractivity contribution >= 4 is 57.3 Å². The molecule has 0 saturated heterocycles. The fraction of sp³-hybridized carbons (Fsp3) is 0.364. The molecular formula is C11H13NO3S3. The van der Waals surface area contributed by atoms with Crippen LogP contribution in [0.4, 0.5) is 5.00 Å². The van der Waals surface area contributed by atoms with Gasteiger partial charge in [0.05, 0.1) is 17.0 Å². The zero-order valence-electron chi connectivity index (χ0n) is 10.2. The van der Waals surface area contributed by atoms with Gasteiger partial charge < -0.3 is 10.1 Å². The second kappa shape index (κ2) is 6.31. The van der Waals surface area contributed by atoms with Gasteiger partial charge >= 0.3 is 5.97 Å². The summed E-state index contributed by atoms with van der Waals surface area (Å²) in [7, 11) is 0. The smallest absolute Gasteiger partial charge is 0.341 e. The van der Waals surface area contributed by atoms with Crippen LogP contribution < -0.4 is 5.32 Å². The minimum absolute atomic E-state index is 0.0961. The molecule has 1 aromatic heterocycles. The molecule has 1 aromatic rings. The number of hydrogen-bond donors (Lipinski definition) is 2. The van der Waals surface area contributed by atoms with E-state index in [0.29, 0.717) is 21.0 Å². The highest BCUT2D eigenvalue weighted by Crippen LogP contribution is 2.34. The number of hydrogen-bond acceptors (Lipinski definition) is 5. The standard InChI is InChI=1S/C11H13NO3S3/c1-4-15-10(14)7-5(2)8(6(3)13)18-9(7)12-11(16)17/h4H2,1-3H3,(H2,12,16,17). The lowest BCUT2D eigenvalue weighted by molar-refractivity contribution is 0.0527. The van der Waals surface area contributed by atoms with E-state index >= 15 is 0 Å². The lowest BCUT2D eigenvalue weighted by atomic mass is 10.1. The van der Waals surface area contributed by atoms with E-state index in [-0.39, 0.29) is 16.7 Å². The van der Waals surface area contributed by atoms with Crippen LogP contribution in [-0.2, 0) is 4.74 Å². The van der Waals surface area contributed by atoms with Crippen LogP contribution in [0.5, 0.6) is 0 Å². The number of nitrogens with one attached hydrogen (secondary N) is 1. The highest BCUT2D eigenvalue weighted by Gasteiger charge is 2.24. The fourth-order valence-electron chi connectivity index (χ4n) is 1.48. The molecule has 18 heavy (non-hydrogen) atoms. The summed E-state index contributed by atoms with van der Waals surface area (Å²) in [5.41, 5.74) is 0.960. The van der Waals surface area contributed by atoms with E-state index in [1.807, 2.05) is 0 Å². The largest absolute Gasteiger partial charge is 0.462 e. The van der Waals surface area contributed by atoms with Crippen LogP contribution in [-0.4, -0.2) is 22.7 Å². The molecule has 0 spiro atoms. The molecule has 0 atom stereocenters. The summed E-state index contributed by atoms with van der Waals surface area (Å²) in [6.07, 6.45) is 0. The first-order valence-electron chi connectivity index (χ1n) is 5.19. The van der Waals surface area contributed by atoms with Gasteiger partial charge in [0.15, 0.2) is 5.78 Å². The second-order valence-electron chi connectivity index (χ2n) is 3.47. The first-order valence-corrected chi connectivity index (χ1v) is 6.87. The van der Waals surface area contributed by atoms with E-state index in [2.05, 4.69) is 17.9 Å². The van der Waals surface area contributed by atoms with Crippen molar-refractivity contribution in [1.29, 1.82) is 0 Å². The Hall–Kier alpha value is -0.920. The Morgan fingerprint density at radius 3 is 2.56 bits per heavy atom. The van der Waals surface area contributed by atoms with E-state index in [1.54, 1.807) is 13.8 Å².